The van der Waals surface area contributed by atoms with Gasteiger partial charge in [0.05, 0.1) is 6.04 Å². The van der Waals surface area contributed by atoms with Crippen LogP contribution in [0.25, 0.3) is 0 Å². The summed E-state index contributed by atoms with van der Waals surface area (Å²) in [7, 11) is 0. The van der Waals surface area contributed by atoms with Gasteiger partial charge in [-0.1, -0.05) is 13.0 Å². The molecule has 0 aliphatic heterocycles. The monoisotopic (exact) mass is 330 g/mol. The number of rotatable bonds is 7. The standard InChI is InChI=1S/C15H17F3N2OS/c1-3-12(14-20-7-9(2)22-14)19-8-10-4-5-13(11(16)6-10)21-15(17)18/h4-7,12,15,19H,3,8H2,1-2H3/t12-/m0/s1. The Kier molecular flexibility index (Phi) is 5.79. The first kappa shape index (κ1) is 16.8. The second-order valence-electron chi connectivity index (χ2n) is 4.79. The van der Waals surface area contributed by atoms with Crippen molar-refractivity contribution < 1.29 is 17.9 Å². The average molecular weight is 330 g/mol. The minimum absolute atomic E-state index is 0.0822. The van der Waals surface area contributed by atoms with Crippen LogP contribution in [0.4, 0.5) is 13.2 Å². The van der Waals surface area contributed by atoms with E-state index in [1.807, 2.05) is 20.0 Å². The number of hydrogen-bond donors (Lipinski definition) is 1. The summed E-state index contributed by atoms with van der Waals surface area (Å²) < 4.78 is 41.9. The molecule has 2 rings (SSSR count). The van der Waals surface area contributed by atoms with E-state index in [2.05, 4.69) is 15.0 Å². The fourth-order valence-electron chi connectivity index (χ4n) is 2.03. The summed E-state index contributed by atoms with van der Waals surface area (Å²) >= 11 is 1.62. The smallest absolute Gasteiger partial charge is 0.387 e. The second-order valence-corrected chi connectivity index (χ2v) is 6.06. The van der Waals surface area contributed by atoms with E-state index in [1.54, 1.807) is 17.4 Å². The van der Waals surface area contributed by atoms with Gasteiger partial charge in [0.25, 0.3) is 0 Å². The van der Waals surface area contributed by atoms with Crippen molar-refractivity contribution in [2.45, 2.75) is 39.5 Å². The van der Waals surface area contributed by atoms with Crippen LogP contribution < -0.4 is 10.1 Å². The molecule has 0 unspecified atom stereocenters. The molecule has 1 atom stereocenters. The van der Waals surface area contributed by atoms with Gasteiger partial charge in [-0.25, -0.2) is 9.37 Å². The van der Waals surface area contributed by atoms with E-state index >= 15 is 0 Å². The summed E-state index contributed by atoms with van der Waals surface area (Å²) in [5.41, 5.74) is 0.658. The van der Waals surface area contributed by atoms with Crippen LogP contribution in [0.2, 0.25) is 0 Å². The van der Waals surface area contributed by atoms with Gasteiger partial charge in [0, 0.05) is 17.6 Å². The van der Waals surface area contributed by atoms with Crippen LogP contribution >= 0.6 is 11.3 Å². The van der Waals surface area contributed by atoms with Crippen molar-refractivity contribution in [3.05, 3.63) is 45.7 Å². The molecule has 22 heavy (non-hydrogen) atoms. The maximum Gasteiger partial charge on any atom is 0.387 e. The zero-order valence-electron chi connectivity index (χ0n) is 12.3. The van der Waals surface area contributed by atoms with Gasteiger partial charge in [-0.2, -0.15) is 8.78 Å². The van der Waals surface area contributed by atoms with Gasteiger partial charge >= 0.3 is 6.61 Å². The lowest BCUT2D eigenvalue weighted by Gasteiger charge is -2.15. The average Bonchev–Trinajstić information content (AvgIpc) is 2.88. The fraction of sp³-hybridized carbons (Fsp3) is 0.400. The third-order valence-corrected chi connectivity index (χ3v) is 4.14. The van der Waals surface area contributed by atoms with E-state index in [0.29, 0.717) is 12.1 Å². The van der Waals surface area contributed by atoms with E-state index < -0.39 is 18.2 Å². The number of alkyl halides is 2. The van der Waals surface area contributed by atoms with E-state index in [9.17, 15) is 13.2 Å². The Bertz CT molecular complexity index is 619. The first-order valence-electron chi connectivity index (χ1n) is 6.88. The Labute approximate surface area is 131 Å². The molecule has 1 heterocycles. The third kappa shape index (κ3) is 4.45. The molecule has 0 fully saturated rings. The zero-order valence-corrected chi connectivity index (χ0v) is 13.1. The number of nitrogens with one attached hydrogen (secondary N) is 1. The lowest BCUT2D eigenvalue weighted by molar-refractivity contribution is -0.0522. The number of hydrogen-bond acceptors (Lipinski definition) is 4. The molecule has 0 bridgehead atoms. The summed E-state index contributed by atoms with van der Waals surface area (Å²) in [5, 5.41) is 4.28. The van der Waals surface area contributed by atoms with Crippen molar-refractivity contribution in [3.63, 3.8) is 0 Å². The molecule has 0 aliphatic carbocycles. The van der Waals surface area contributed by atoms with Crippen molar-refractivity contribution in [3.8, 4) is 5.75 Å². The Balaban J connectivity index is 2.00. The maximum atomic E-state index is 13.6. The first-order valence-corrected chi connectivity index (χ1v) is 7.70. The van der Waals surface area contributed by atoms with Gasteiger partial charge in [-0.3, -0.25) is 0 Å². The van der Waals surface area contributed by atoms with E-state index in [0.717, 1.165) is 16.3 Å². The summed E-state index contributed by atoms with van der Waals surface area (Å²) in [4.78, 5) is 5.48. The van der Waals surface area contributed by atoms with Crippen LogP contribution in [0.15, 0.2) is 24.4 Å². The SMILES string of the molecule is CC[C@H](NCc1ccc(OC(F)F)c(F)c1)c1ncc(C)s1. The predicted octanol–water partition coefficient (Wildman–Crippen LogP) is 4.43. The first-order chi connectivity index (χ1) is 10.5. The van der Waals surface area contributed by atoms with Gasteiger partial charge in [0.1, 0.15) is 5.01 Å². The number of ether oxygens (including phenoxy) is 1. The van der Waals surface area contributed by atoms with E-state index in [4.69, 9.17) is 0 Å². The van der Waals surface area contributed by atoms with E-state index in [1.165, 1.54) is 12.1 Å². The van der Waals surface area contributed by atoms with Crippen LogP contribution in [-0.2, 0) is 6.54 Å². The highest BCUT2D eigenvalue weighted by Crippen LogP contribution is 2.24. The lowest BCUT2D eigenvalue weighted by atomic mass is 10.1. The molecular formula is C15H17F3N2OS. The highest BCUT2D eigenvalue weighted by Gasteiger charge is 2.14. The molecule has 3 nitrogen and oxygen atoms in total. The number of nitrogens with zero attached hydrogens (tertiary/aromatic N) is 1. The minimum atomic E-state index is -3.03. The van der Waals surface area contributed by atoms with Crippen molar-refractivity contribution >= 4 is 11.3 Å². The molecule has 0 radical (unpaired) electrons. The molecule has 120 valence electrons. The van der Waals surface area contributed by atoms with Crippen molar-refractivity contribution in [2.24, 2.45) is 0 Å². The predicted molar refractivity (Wildman–Crippen MR) is 79.8 cm³/mol. The van der Waals surface area contributed by atoms with Crippen molar-refractivity contribution in [1.29, 1.82) is 0 Å². The van der Waals surface area contributed by atoms with Gasteiger partial charge < -0.3 is 10.1 Å². The number of aryl methyl sites for hydroxylation is 1. The van der Waals surface area contributed by atoms with Crippen LogP contribution in [0.1, 0.15) is 34.8 Å². The maximum absolute atomic E-state index is 13.6. The van der Waals surface area contributed by atoms with Crippen LogP contribution in [0, 0.1) is 12.7 Å². The Morgan fingerprint density at radius 2 is 2.14 bits per heavy atom. The molecule has 0 saturated carbocycles. The normalized spacial score (nSPS) is 12.6. The van der Waals surface area contributed by atoms with Gasteiger partial charge in [-0.05, 0) is 31.0 Å². The summed E-state index contributed by atoms with van der Waals surface area (Å²) in [6.45, 7) is 1.42. The summed E-state index contributed by atoms with van der Waals surface area (Å²) in [5.74, 6) is -1.24. The largest absolute Gasteiger partial charge is 0.432 e. The number of thiazole rings is 1. The van der Waals surface area contributed by atoms with Crippen LogP contribution in [-0.4, -0.2) is 11.6 Å². The Morgan fingerprint density at radius 3 is 2.68 bits per heavy atom. The summed E-state index contributed by atoms with van der Waals surface area (Å²) in [6, 6.07) is 4.06. The lowest BCUT2D eigenvalue weighted by Crippen LogP contribution is -2.20. The molecule has 1 aromatic heterocycles. The number of aromatic nitrogens is 1. The third-order valence-electron chi connectivity index (χ3n) is 3.11. The molecule has 0 spiro atoms. The van der Waals surface area contributed by atoms with Crippen LogP contribution in [0.5, 0.6) is 5.75 Å². The van der Waals surface area contributed by atoms with Crippen molar-refractivity contribution in [1.82, 2.24) is 10.3 Å². The van der Waals surface area contributed by atoms with Gasteiger partial charge in [0.15, 0.2) is 11.6 Å². The molecule has 1 aromatic carbocycles. The van der Waals surface area contributed by atoms with Gasteiger partial charge in [0.2, 0.25) is 0 Å². The highest BCUT2D eigenvalue weighted by atomic mass is 32.1. The quantitative estimate of drug-likeness (QED) is 0.815. The topological polar surface area (TPSA) is 34.1 Å². The molecule has 0 amide bonds. The molecule has 0 saturated heterocycles. The molecule has 1 N–H and O–H groups in total. The Hall–Kier alpha value is -1.60. The molecular weight excluding hydrogens is 313 g/mol. The Morgan fingerprint density at radius 1 is 1.36 bits per heavy atom. The zero-order chi connectivity index (χ0) is 16.1. The summed E-state index contributed by atoms with van der Waals surface area (Å²) in [6.07, 6.45) is 2.67. The van der Waals surface area contributed by atoms with Crippen LogP contribution in [0.3, 0.4) is 0 Å². The molecule has 0 aliphatic rings. The molecule has 7 heteroatoms. The second kappa shape index (κ2) is 7.60. The number of benzene rings is 1. The number of halogens is 3. The van der Waals surface area contributed by atoms with E-state index in [-0.39, 0.29) is 6.04 Å². The highest BCUT2D eigenvalue weighted by molar-refractivity contribution is 7.11. The van der Waals surface area contributed by atoms with Crippen molar-refractivity contribution in [2.75, 3.05) is 0 Å². The minimum Gasteiger partial charge on any atom is -0.432 e. The fourth-order valence-corrected chi connectivity index (χ4v) is 2.96. The molecule has 2 aromatic rings. The van der Waals surface area contributed by atoms with Gasteiger partial charge in [-0.15, -0.1) is 11.3 Å².